The van der Waals surface area contributed by atoms with Gasteiger partial charge in [-0.1, -0.05) is 23.8 Å². The zero-order valence-corrected chi connectivity index (χ0v) is 15.7. The lowest BCUT2D eigenvalue weighted by molar-refractivity contribution is 0.696. The molecule has 0 aliphatic heterocycles. The van der Waals surface area contributed by atoms with E-state index in [0.29, 0.717) is 5.69 Å². The molecule has 0 spiro atoms. The highest BCUT2D eigenvalue weighted by Crippen LogP contribution is 2.35. The van der Waals surface area contributed by atoms with E-state index >= 15 is 0 Å². The summed E-state index contributed by atoms with van der Waals surface area (Å²) in [7, 11) is 2.99. The molecule has 3 rings (SSSR count). The van der Waals surface area contributed by atoms with Crippen molar-refractivity contribution in [1.82, 2.24) is 14.1 Å². The second-order valence-electron chi connectivity index (χ2n) is 6.21. The molecule has 6 nitrogen and oxygen atoms in total. The molecule has 25 heavy (non-hydrogen) atoms. The third kappa shape index (κ3) is 2.70. The molecule has 0 atom stereocenters. The molecule has 0 bridgehead atoms. The van der Waals surface area contributed by atoms with Crippen molar-refractivity contribution >= 4 is 17.2 Å². The van der Waals surface area contributed by atoms with Crippen molar-refractivity contribution in [1.29, 1.82) is 0 Å². The predicted molar refractivity (Wildman–Crippen MR) is 102 cm³/mol. The smallest absolute Gasteiger partial charge is 0.332 e. The Bertz CT molecular complexity index is 1110. The van der Waals surface area contributed by atoms with Gasteiger partial charge in [-0.2, -0.15) is 0 Å². The van der Waals surface area contributed by atoms with Crippen LogP contribution in [-0.2, 0) is 14.1 Å². The summed E-state index contributed by atoms with van der Waals surface area (Å²) in [5.74, 6) is 0.133. The molecule has 7 heteroatoms. The number of nitrogens with zero attached hydrogens (tertiary/aromatic N) is 3. The molecular weight excluding hydrogens is 336 g/mol. The molecule has 2 aromatic heterocycles. The van der Waals surface area contributed by atoms with Crippen LogP contribution in [0.15, 0.2) is 27.8 Å². The maximum absolute atomic E-state index is 12.6. The zero-order chi connectivity index (χ0) is 18.5. The molecule has 0 unspecified atom stereocenters. The number of hydrogen-bond donors (Lipinski definition) is 1. The Morgan fingerprint density at radius 3 is 2.40 bits per heavy atom. The molecule has 130 valence electrons. The van der Waals surface area contributed by atoms with Crippen molar-refractivity contribution in [2.75, 3.05) is 5.73 Å². The second-order valence-corrected chi connectivity index (χ2v) is 7.41. The Morgan fingerprint density at radius 2 is 1.76 bits per heavy atom. The standard InChI is InChI=1S/C18H20N4O2S/c1-9-6-7-12(10(2)8-9)16-20-14(11(3)25-16)13-15(19)21(4)18(24)22(5)17(13)23/h6-8H,19H2,1-5H3. The maximum Gasteiger partial charge on any atom is 0.332 e. The number of hydrogen-bond acceptors (Lipinski definition) is 5. The van der Waals surface area contributed by atoms with Crippen molar-refractivity contribution < 1.29 is 0 Å². The molecule has 0 amide bonds. The minimum absolute atomic E-state index is 0.133. The highest BCUT2D eigenvalue weighted by molar-refractivity contribution is 7.15. The van der Waals surface area contributed by atoms with Crippen molar-refractivity contribution in [3.63, 3.8) is 0 Å². The SMILES string of the molecule is Cc1ccc(-c2nc(-c3c(N)n(C)c(=O)n(C)c3=O)c(C)s2)c(C)c1. The van der Waals surface area contributed by atoms with Gasteiger partial charge in [0.25, 0.3) is 5.56 Å². The number of aryl methyl sites for hydroxylation is 3. The summed E-state index contributed by atoms with van der Waals surface area (Å²) in [6.45, 7) is 5.99. The minimum Gasteiger partial charge on any atom is -0.384 e. The molecule has 3 aromatic rings. The van der Waals surface area contributed by atoms with Gasteiger partial charge in [-0.25, -0.2) is 9.78 Å². The number of nitrogen functional groups attached to an aromatic ring is 1. The summed E-state index contributed by atoms with van der Waals surface area (Å²) in [5, 5.41) is 0.834. The van der Waals surface area contributed by atoms with Crippen molar-refractivity contribution in [2.24, 2.45) is 14.1 Å². The second kappa shape index (κ2) is 6.00. The summed E-state index contributed by atoms with van der Waals surface area (Å²) in [4.78, 5) is 30.2. The lowest BCUT2D eigenvalue weighted by atomic mass is 10.1. The van der Waals surface area contributed by atoms with Gasteiger partial charge in [-0.15, -0.1) is 11.3 Å². The summed E-state index contributed by atoms with van der Waals surface area (Å²) < 4.78 is 2.33. The zero-order valence-electron chi connectivity index (χ0n) is 14.9. The van der Waals surface area contributed by atoms with Crippen LogP contribution < -0.4 is 17.0 Å². The van der Waals surface area contributed by atoms with Crippen LogP contribution in [0, 0.1) is 20.8 Å². The average molecular weight is 356 g/mol. The molecular formula is C18H20N4O2S. The average Bonchev–Trinajstić information content (AvgIpc) is 2.92. The Labute approximate surface area is 149 Å². The van der Waals surface area contributed by atoms with Crippen LogP contribution in [0.4, 0.5) is 5.82 Å². The Kier molecular flexibility index (Phi) is 4.12. The number of aromatic nitrogens is 3. The van der Waals surface area contributed by atoms with E-state index in [0.717, 1.165) is 25.6 Å². The van der Waals surface area contributed by atoms with E-state index < -0.39 is 11.2 Å². The van der Waals surface area contributed by atoms with Gasteiger partial charge in [0.15, 0.2) is 0 Å². The number of benzene rings is 1. The molecule has 0 aliphatic rings. The predicted octanol–water partition coefficient (Wildman–Crippen LogP) is 2.38. The molecule has 2 N–H and O–H groups in total. The minimum atomic E-state index is -0.450. The van der Waals surface area contributed by atoms with Crippen LogP contribution in [0.5, 0.6) is 0 Å². The fraction of sp³-hybridized carbons (Fsp3) is 0.278. The Morgan fingerprint density at radius 1 is 1.08 bits per heavy atom. The maximum atomic E-state index is 12.6. The van der Waals surface area contributed by atoms with Gasteiger partial charge in [0, 0.05) is 24.5 Å². The van der Waals surface area contributed by atoms with E-state index in [1.165, 1.54) is 28.5 Å². The molecule has 0 saturated heterocycles. The molecule has 0 aliphatic carbocycles. The van der Waals surface area contributed by atoms with Crippen LogP contribution in [0.2, 0.25) is 0 Å². The summed E-state index contributed by atoms with van der Waals surface area (Å²) in [5.41, 5.74) is 9.34. The Hall–Kier alpha value is -2.67. The third-order valence-electron chi connectivity index (χ3n) is 4.36. The van der Waals surface area contributed by atoms with E-state index in [2.05, 4.69) is 11.1 Å². The van der Waals surface area contributed by atoms with Crippen LogP contribution in [-0.4, -0.2) is 14.1 Å². The monoisotopic (exact) mass is 356 g/mol. The Balaban J connectivity index is 2.27. The number of nitrogens with two attached hydrogens (primary N) is 1. The molecule has 0 fully saturated rings. The van der Waals surface area contributed by atoms with E-state index in [4.69, 9.17) is 5.73 Å². The van der Waals surface area contributed by atoms with Crippen LogP contribution in [0.3, 0.4) is 0 Å². The van der Waals surface area contributed by atoms with Gasteiger partial charge in [-0.05, 0) is 26.3 Å². The van der Waals surface area contributed by atoms with Crippen LogP contribution >= 0.6 is 11.3 Å². The first-order valence-corrected chi connectivity index (χ1v) is 8.65. The van der Waals surface area contributed by atoms with Gasteiger partial charge in [0.2, 0.25) is 0 Å². The number of anilines is 1. The van der Waals surface area contributed by atoms with Gasteiger partial charge in [0.05, 0.1) is 5.69 Å². The first-order valence-electron chi connectivity index (χ1n) is 7.83. The lowest BCUT2D eigenvalue weighted by Gasteiger charge is -2.10. The first kappa shape index (κ1) is 17.2. The topological polar surface area (TPSA) is 82.9 Å². The van der Waals surface area contributed by atoms with E-state index in [9.17, 15) is 9.59 Å². The van der Waals surface area contributed by atoms with E-state index in [-0.39, 0.29) is 11.4 Å². The van der Waals surface area contributed by atoms with Crippen molar-refractivity contribution in [2.45, 2.75) is 20.8 Å². The van der Waals surface area contributed by atoms with Crippen molar-refractivity contribution in [3.05, 3.63) is 55.0 Å². The van der Waals surface area contributed by atoms with Gasteiger partial charge < -0.3 is 5.73 Å². The van der Waals surface area contributed by atoms with E-state index in [1.54, 1.807) is 7.05 Å². The highest BCUT2D eigenvalue weighted by Gasteiger charge is 2.21. The molecule has 0 saturated carbocycles. The summed E-state index contributed by atoms with van der Waals surface area (Å²) in [6.07, 6.45) is 0. The number of rotatable bonds is 2. The van der Waals surface area contributed by atoms with Crippen molar-refractivity contribution in [3.8, 4) is 21.8 Å². The summed E-state index contributed by atoms with van der Waals surface area (Å²) >= 11 is 1.51. The normalized spacial score (nSPS) is 11.1. The first-order chi connectivity index (χ1) is 11.7. The lowest BCUT2D eigenvalue weighted by Crippen LogP contribution is -2.39. The third-order valence-corrected chi connectivity index (χ3v) is 5.36. The quantitative estimate of drug-likeness (QED) is 0.764. The largest absolute Gasteiger partial charge is 0.384 e. The fourth-order valence-electron chi connectivity index (χ4n) is 2.88. The molecule has 2 heterocycles. The summed E-state index contributed by atoms with van der Waals surface area (Å²) in [6, 6.07) is 6.18. The van der Waals surface area contributed by atoms with Crippen LogP contribution in [0.25, 0.3) is 21.8 Å². The molecule has 0 radical (unpaired) electrons. The van der Waals surface area contributed by atoms with Gasteiger partial charge >= 0.3 is 5.69 Å². The van der Waals surface area contributed by atoms with Gasteiger partial charge in [-0.3, -0.25) is 13.9 Å². The van der Waals surface area contributed by atoms with Gasteiger partial charge in [0.1, 0.15) is 16.4 Å². The number of thiazole rings is 1. The highest BCUT2D eigenvalue weighted by atomic mass is 32.1. The van der Waals surface area contributed by atoms with E-state index in [1.807, 2.05) is 32.9 Å². The fourth-order valence-corrected chi connectivity index (χ4v) is 3.89. The molecule has 1 aromatic carbocycles. The van der Waals surface area contributed by atoms with Crippen LogP contribution in [0.1, 0.15) is 16.0 Å².